The van der Waals surface area contributed by atoms with Gasteiger partial charge in [-0.3, -0.25) is 14.6 Å². The molecule has 1 aliphatic rings. The number of Topliss-reactive ketones (excluding diaryl/α,β-unsaturated/α-hetero) is 1. The number of hydrogen-bond acceptors (Lipinski definition) is 4. The second-order valence-electron chi connectivity index (χ2n) is 3.49. The molecule has 1 atom stereocenters. The Labute approximate surface area is 91.1 Å². The normalized spacial score (nSPS) is 18.4. The van der Waals surface area contributed by atoms with E-state index in [2.05, 4.69) is 4.98 Å². The van der Waals surface area contributed by atoms with Crippen molar-refractivity contribution >= 4 is 23.4 Å². The van der Waals surface area contributed by atoms with Crippen molar-refractivity contribution in [2.45, 2.75) is 12.8 Å². The predicted molar refractivity (Wildman–Crippen MR) is 54.7 cm³/mol. The van der Waals surface area contributed by atoms with Gasteiger partial charge in [0.05, 0.1) is 11.9 Å². The lowest BCUT2D eigenvalue weighted by Gasteiger charge is -2.11. The molecular formula is C10H9N3O3. The Morgan fingerprint density at radius 1 is 1.50 bits per heavy atom. The summed E-state index contributed by atoms with van der Waals surface area (Å²) in [5, 5.41) is 0. The number of carbonyl (C=O) groups excluding carboxylic acids is 3. The predicted octanol–water partition coefficient (Wildman–Crippen LogP) is 0.179. The maximum atomic E-state index is 11.8. The SMILES string of the molecule is CC(=O)C1C(=O)N(C(N)=O)c2cnccc21. The zero-order valence-corrected chi connectivity index (χ0v) is 8.51. The van der Waals surface area contributed by atoms with E-state index in [1.165, 1.54) is 19.3 Å². The number of ketones is 1. The van der Waals surface area contributed by atoms with Gasteiger partial charge in [0.1, 0.15) is 11.7 Å². The first kappa shape index (κ1) is 10.3. The minimum Gasteiger partial charge on any atom is -0.351 e. The summed E-state index contributed by atoms with van der Waals surface area (Å²) in [6.07, 6.45) is 2.81. The van der Waals surface area contributed by atoms with Crippen LogP contribution in [0.15, 0.2) is 18.5 Å². The molecule has 6 heteroatoms. The molecule has 0 fully saturated rings. The van der Waals surface area contributed by atoms with E-state index in [0.29, 0.717) is 11.3 Å². The molecular weight excluding hydrogens is 210 g/mol. The standard InChI is InChI=1S/C10H9N3O3/c1-5(14)8-6-2-3-12-4-7(6)13(9(8)15)10(11)16/h2-4,8H,1H3,(H2,11,16). The highest BCUT2D eigenvalue weighted by molar-refractivity contribution is 6.26. The molecule has 0 saturated carbocycles. The minimum absolute atomic E-state index is 0.292. The van der Waals surface area contributed by atoms with E-state index in [9.17, 15) is 14.4 Å². The van der Waals surface area contributed by atoms with Crippen molar-refractivity contribution < 1.29 is 14.4 Å². The van der Waals surface area contributed by atoms with E-state index >= 15 is 0 Å². The molecule has 2 heterocycles. The Kier molecular flexibility index (Phi) is 2.19. The van der Waals surface area contributed by atoms with Crippen LogP contribution < -0.4 is 10.6 Å². The summed E-state index contributed by atoms with van der Waals surface area (Å²) in [6, 6.07) is 0.644. The number of pyridine rings is 1. The molecule has 1 aromatic rings. The van der Waals surface area contributed by atoms with Crippen LogP contribution in [0.1, 0.15) is 18.4 Å². The van der Waals surface area contributed by atoms with Crippen molar-refractivity contribution in [2.75, 3.05) is 4.90 Å². The van der Waals surface area contributed by atoms with Gasteiger partial charge in [-0.15, -0.1) is 0 Å². The molecule has 2 rings (SSSR count). The van der Waals surface area contributed by atoms with Crippen LogP contribution in [0.2, 0.25) is 0 Å². The number of amides is 3. The lowest BCUT2D eigenvalue weighted by Crippen LogP contribution is -2.40. The number of rotatable bonds is 1. The van der Waals surface area contributed by atoms with Gasteiger partial charge in [0.2, 0.25) is 5.91 Å². The first-order chi connectivity index (χ1) is 7.54. The first-order valence-corrected chi connectivity index (χ1v) is 4.61. The highest BCUT2D eigenvalue weighted by Gasteiger charge is 2.42. The van der Waals surface area contributed by atoms with E-state index in [1.807, 2.05) is 0 Å². The third-order valence-corrected chi connectivity index (χ3v) is 2.48. The topological polar surface area (TPSA) is 93.4 Å². The molecule has 0 bridgehead atoms. The summed E-state index contributed by atoms with van der Waals surface area (Å²) in [5.74, 6) is -1.87. The van der Waals surface area contributed by atoms with Crippen molar-refractivity contribution in [3.63, 3.8) is 0 Å². The summed E-state index contributed by atoms with van der Waals surface area (Å²) >= 11 is 0. The second kappa shape index (κ2) is 3.41. The Hall–Kier alpha value is -2.24. The Balaban J connectivity index is 2.61. The molecule has 1 aromatic heterocycles. The van der Waals surface area contributed by atoms with Gasteiger partial charge < -0.3 is 5.73 Å². The fraction of sp³-hybridized carbons (Fsp3) is 0.200. The van der Waals surface area contributed by atoms with Crippen LogP contribution in [0.25, 0.3) is 0 Å². The van der Waals surface area contributed by atoms with Crippen LogP contribution in [0.5, 0.6) is 0 Å². The van der Waals surface area contributed by atoms with Gasteiger partial charge in [-0.25, -0.2) is 9.69 Å². The number of primary amides is 1. The van der Waals surface area contributed by atoms with E-state index < -0.39 is 17.9 Å². The molecule has 2 N–H and O–H groups in total. The average Bonchev–Trinajstić information content (AvgIpc) is 2.49. The van der Waals surface area contributed by atoms with E-state index in [-0.39, 0.29) is 5.78 Å². The maximum absolute atomic E-state index is 11.8. The van der Waals surface area contributed by atoms with Gasteiger partial charge >= 0.3 is 6.03 Å². The smallest absolute Gasteiger partial charge is 0.326 e. The fourth-order valence-electron chi connectivity index (χ4n) is 1.83. The van der Waals surface area contributed by atoms with E-state index in [1.54, 1.807) is 6.07 Å². The first-order valence-electron chi connectivity index (χ1n) is 4.61. The Morgan fingerprint density at radius 2 is 2.19 bits per heavy atom. The van der Waals surface area contributed by atoms with Gasteiger partial charge in [0, 0.05) is 6.20 Å². The molecule has 0 radical (unpaired) electrons. The molecule has 0 aromatic carbocycles. The average molecular weight is 219 g/mol. The fourth-order valence-corrected chi connectivity index (χ4v) is 1.83. The van der Waals surface area contributed by atoms with Crippen molar-refractivity contribution in [1.82, 2.24) is 4.98 Å². The summed E-state index contributed by atoms with van der Waals surface area (Å²) in [6.45, 7) is 1.30. The number of anilines is 1. The van der Waals surface area contributed by atoms with Crippen LogP contribution >= 0.6 is 0 Å². The van der Waals surface area contributed by atoms with Crippen molar-refractivity contribution in [1.29, 1.82) is 0 Å². The summed E-state index contributed by atoms with van der Waals surface area (Å²) in [4.78, 5) is 38.9. The van der Waals surface area contributed by atoms with E-state index in [4.69, 9.17) is 5.73 Å². The maximum Gasteiger partial charge on any atom is 0.326 e. The van der Waals surface area contributed by atoms with Crippen molar-refractivity contribution in [3.05, 3.63) is 24.0 Å². The summed E-state index contributed by atoms with van der Waals surface area (Å²) < 4.78 is 0. The monoisotopic (exact) mass is 219 g/mol. The molecule has 0 spiro atoms. The minimum atomic E-state index is -0.939. The molecule has 0 saturated heterocycles. The molecule has 16 heavy (non-hydrogen) atoms. The number of imide groups is 1. The third kappa shape index (κ3) is 1.27. The highest BCUT2D eigenvalue weighted by Crippen LogP contribution is 2.36. The van der Waals surface area contributed by atoms with Gasteiger partial charge in [-0.05, 0) is 18.6 Å². The molecule has 6 nitrogen and oxygen atoms in total. The quantitative estimate of drug-likeness (QED) is 0.681. The molecule has 3 amide bonds. The number of carbonyl (C=O) groups is 3. The van der Waals surface area contributed by atoms with Gasteiger partial charge in [0.25, 0.3) is 0 Å². The summed E-state index contributed by atoms with van der Waals surface area (Å²) in [7, 11) is 0. The lowest BCUT2D eigenvalue weighted by atomic mass is 9.98. The number of fused-ring (bicyclic) bond motifs is 1. The lowest BCUT2D eigenvalue weighted by molar-refractivity contribution is -0.126. The van der Waals surface area contributed by atoms with Crippen molar-refractivity contribution in [3.8, 4) is 0 Å². The Bertz CT molecular complexity index is 455. The number of nitrogens with two attached hydrogens (primary N) is 1. The Morgan fingerprint density at radius 3 is 2.75 bits per heavy atom. The van der Waals surface area contributed by atoms with Gasteiger partial charge in [-0.2, -0.15) is 0 Å². The number of hydrogen-bond donors (Lipinski definition) is 1. The molecule has 1 unspecified atom stereocenters. The van der Waals surface area contributed by atoms with Gasteiger partial charge in [-0.1, -0.05) is 0 Å². The van der Waals surface area contributed by atoms with Gasteiger partial charge in [0.15, 0.2) is 0 Å². The van der Waals surface area contributed by atoms with Crippen LogP contribution in [0.4, 0.5) is 10.5 Å². The largest absolute Gasteiger partial charge is 0.351 e. The zero-order chi connectivity index (χ0) is 11.9. The molecule has 0 aliphatic carbocycles. The molecule has 1 aliphatic heterocycles. The number of urea groups is 1. The zero-order valence-electron chi connectivity index (χ0n) is 8.51. The van der Waals surface area contributed by atoms with Crippen LogP contribution in [0.3, 0.4) is 0 Å². The van der Waals surface area contributed by atoms with Crippen LogP contribution in [0, 0.1) is 0 Å². The van der Waals surface area contributed by atoms with Crippen LogP contribution in [-0.4, -0.2) is 22.7 Å². The number of nitrogens with zero attached hydrogens (tertiary/aromatic N) is 2. The molecule has 82 valence electrons. The number of aromatic nitrogens is 1. The van der Waals surface area contributed by atoms with Crippen LogP contribution in [-0.2, 0) is 9.59 Å². The summed E-state index contributed by atoms with van der Waals surface area (Å²) in [5.41, 5.74) is 5.86. The second-order valence-corrected chi connectivity index (χ2v) is 3.49. The third-order valence-electron chi connectivity index (χ3n) is 2.48. The van der Waals surface area contributed by atoms with Crippen molar-refractivity contribution in [2.24, 2.45) is 5.73 Å². The highest BCUT2D eigenvalue weighted by atomic mass is 16.2. The van der Waals surface area contributed by atoms with E-state index in [0.717, 1.165) is 4.90 Å².